The molecule has 84 valence electrons. The number of rotatable bonds is 4. The number of carbonyl (C=O) groups excluding carboxylic acids is 1. The molecule has 0 aliphatic carbocycles. The summed E-state index contributed by atoms with van der Waals surface area (Å²) in [5.41, 5.74) is 5.26. The third-order valence-electron chi connectivity index (χ3n) is 2.04. The summed E-state index contributed by atoms with van der Waals surface area (Å²) in [5.74, 6) is -0.219. The van der Waals surface area contributed by atoms with Gasteiger partial charge in [-0.2, -0.15) is 4.98 Å². The lowest BCUT2D eigenvalue weighted by Crippen LogP contribution is -2.41. The highest BCUT2D eigenvalue weighted by Gasteiger charge is 2.18. The van der Waals surface area contributed by atoms with Crippen molar-refractivity contribution in [2.45, 2.75) is 19.9 Å². The molecular weight excluding hydrogens is 198 g/mol. The molecule has 1 aromatic rings. The number of aliphatic hydroxyl groups is 1. The average Bonchev–Trinajstić information content (AvgIpc) is 2.60. The van der Waals surface area contributed by atoms with E-state index in [9.17, 15) is 4.79 Å². The van der Waals surface area contributed by atoms with E-state index in [0.717, 1.165) is 0 Å². The predicted molar refractivity (Wildman–Crippen MR) is 54.0 cm³/mol. The van der Waals surface area contributed by atoms with Crippen LogP contribution in [0.3, 0.4) is 0 Å². The lowest BCUT2D eigenvalue weighted by molar-refractivity contribution is 0.0887. The number of aliphatic hydroxyl groups excluding tert-OH is 1. The second-order valence-corrected chi connectivity index (χ2v) is 3.55. The Morgan fingerprint density at radius 1 is 1.67 bits per heavy atom. The maximum atomic E-state index is 11.5. The van der Waals surface area contributed by atoms with Crippen LogP contribution in [0.25, 0.3) is 0 Å². The summed E-state index contributed by atoms with van der Waals surface area (Å²) in [5, 5.41) is 17.6. The zero-order chi connectivity index (χ0) is 11.4. The van der Waals surface area contributed by atoms with Gasteiger partial charge in [0.15, 0.2) is 0 Å². The second kappa shape index (κ2) is 4.74. The minimum atomic E-state index is -0.424. The van der Waals surface area contributed by atoms with Crippen LogP contribution < -0.4 is 11.1 Å². The van der Waals surface area contributed by atoms with Crippen LogP contribution in [0.4, 0.5) is 5.95 Å². The van der Waals surface area contributed by atoms with E-state index in [2.05, 4.69) is 20.5 Å². The van der Waals surface area contributed by atoms with Crippen molar-refractivity contribution >= 4 is 11.9 Å². The number of hydrogen-bond acceptors (Lipinski definition) is 5. The molecule has 0 fully saturated rings. The molecule has 15 heavy (non-hydrogen) atoms. The molecule has 0 aromatic carbocycles. The average molecular weight is 213 g/mol. The van der Waals surface area contributed by atoms with E-state index >= 15 is 0 Å². The number of nitrogens with zero attached hydrogens (tertiary/aromatic N) is 2. The molecule has 0 saturated carbocycles. The minimum absolute atomic E-state index is 0.0187. The Morgan fingerprint density at radius 2 is 2.33 bits per heavy atom. The molecular formula is C8H15N5O2. The third-order valence-corrected chi connectivity index (χ3v) is 2.04. The molecule has 0 aliphatic rings. The highest BCUT2D eigenvalue weighted by atomic mass is 16.3. The number of amides is 1. The lowest BCUT2D eigenvalue weighted by Gasteiger charge is -2.18. The fourth-order valence-corrected chi connectivity index (χ4v) is 1.04. The molecule has 7 nitrogen and oxygen atoms in total. The van der Waals surface area contributed by atoms with Gasteiger partial charge in [0.1, 0.15) is 0 Å². The molecule has 0 spiro atoms. The van der Waals surface area contributed by atoms with Crippen LogP contribution in [0.15, 0.2) is 0 Å². The van der Waals surface area contributed by atoms with Crippen LogP contribution in [0.1, 0.15) is 24.5 Å². The highest BCUT2D eigenvalue weighted by molar-refractivity contribution is 5.90. The summed E-state index contributed by atoms with van der Waals surface area (Å²) in [7, 11) is 0. The van der Waals surface area contributed by atoms with Crippen molar-refractivity contribution in [3.05, 3.63) is 5.82 Å². The first-order valence-electron chi connectivity index (χ1n) is 4.64. The van der Waals surface area contributed by atoms with Crippen LogP contribution in [-0.2, 0) is 0 Å². The van der Waals surface area contributed by atoms with Gasteiger partial charge in [0.05, 0.1) is 12.6 Å². The van der Waals surface area contributed by atoms with Crippen molar-refractivity contribution in [1.29, 1.82) is 0 Å². The van der Waals surface area contributed by atoms with Gasteiger partial charge in [-0.15, -0.1) is 5.10 Å². The van der Waals surface area contributed by atoms with E-state index in [1.807, 2.05) is 13.8 Å². The highest BCUT2D eigenvalue weighted by Crippen LogP contribution is 2.02. The van der Waals surface area contributed by atoms with Crippen LogP contribution >= 0.6 is 0 Å². The summed E-state index contributed by atoms with van der Waals surface area (Å²) in [6.45, 7) is 3.68. The first-order valence-corrected chi connectivity index (χ1v) is 4.64. The van der Waals surface area contributed by atoms with Gasteiger partial charge >= 0.3 is 0 Å². The lowest BCUT2D eigenvalue weighted by atomic mass is 10.1. The van der Waals surface area contributed by atoms with E-state index < -0.39 is 5.91 Å². The number of carbonyl (C=O) groups is 1. The van der Waals surface area contributed by atoms with E-state index in [1.54, 1.807) is 0 Å². The van der Waals surface area contributed by atoms with Crippen molar-refractivity contribution in [1.82, 2.24) is 20.5 Å². The summed E-state index contributed by atoms with van der Waals surface area (Å²) in [6, 6.07) is -0.302. The van der Waals surface area contributed by atoms with E-state index in [4.69, 9.17) is 10.8 Å². The zero-order valence-electron chi connectivity index (χ0n) is 8.69. The van der Waals surface area contributed by atoms with Gasteiger partial charge in [-0.25, -0.2) is 0 Å². The van der Waals surface area contributed by atoms with Crippen LogP contribution in [0.5, 0.6) is 0 Å². The SMILES string of the molecule is CC(C)C(CO)NC(=O)c1nc(N)n[nH]1. The third kappa shape index (κ3) is 2.91. The van der Waals surface area contributed by atoms with Crippen LogP contribution in [-0.4, -0.2) is 38.8 Å². The number of aromatic amines is 1. The summed E-state index contributed by atoms with van der Waals surface area (Å²) in [4.78, 5) is 15.2. The Morgan fingerprint density at radius 3 is 2.73 bits per heavy atom. The molecule has 1 heterocycles. The summed E-state index contributed by atoms with van der Waals surface area (Å²) in [6.07, 6.45) is 0. The monoisotopic (exact) mass is 213 g/mol. The van der Waals surface area contributed by atoms with E-state index in [0.29, 0.717) is 0 Å². The van der Waals surface area contributed by atoms with Gasteiger partial charge < -0.3 is 16.2 Å². The van der Waals surface area contributed by atoms with Gasteiger partial charge in [0.25, 0.3) is 5.91 Å². The Kier molecular flexibility index (Phi) is 3.62. The second-order valence-electron chi connectivity index (χ2n) is 3.55. The Hall–Kier alpha value is -1.63. The number of nitrogen functional groups attached to an aromatic ring is 1. The zero-order valence-corrected chi connectivity index (χ0v) is 8.69. The minimum Gasteiger partial charge on any atom is -0.394 e. The van der Waals surface area contributed by atoms with Crippen molar-refractivity contribution < 1.29 is 9.90 Å². The topological polar surface area (TPSA) is 117 Å². The number of nitrogens with two attached hydrogens (primary N) is 1. The molecule has 0 aliphatic heterocycles. The Labute approximate surface area is 87.1 Å². The smallest absolute Gasteiger partial charge is 0.288 e. The first kappa shape index (κ1) is 11.4. The maximum Gasteiger partial charge on any atom is 0.288 e. The molecule has 0 saturated heterocycles. The van der Waals surface area contributed by atoms with E-state index in [-0.39, 0.29) is 30.3 Å². The van der Waals surface area contributed by atoms with Crippen molar-refractivity contribution in [3.63, 3.8) is 0 Å². The summed E-state index contributed by atoms with van der Waals surface area (Å²) < 4.78 is 0. The molecule has 0 radical (unpaired) electrons. The first-order chi connectivity index (χ1) is 7.04. The molecule has 5 N–H and O–H groups in total. The number of hydrogen-bond donors (Lipinski definition) is 4. The molecule has 1 aromatic heterocycles. The van der Waals surface area contributed by atoms with Crippen molar-refractivity contribution in [2.24, 2.45) is 5.92 Å². The molecule has 1 rings (SSSR count). The number of aromatic nitrogens is 3. The van der Waals surface area contributed by atoms with Gasteiger partial charge in [0.2, 0.25) is 11.8 Å². The fraction of sp³-hybridized carbons (Fsp3) is 0.625. The Bertz CT molecular complexity index is 336. The van der Waals surface area contributed by atoms with Gasteiger partial charge in [0, 0.05) is 0 Å². The predicted octanol–water partition coefficient (Wildman–Crippen LogP) is -0.866. The van der Waals surface area contributed by atoms with Gasteiger partial charge in [-0.05, 0) is 5.92 Å². The number of H-pyrrole nitrogens is 1. The van der Waals surface area contributed by atoms with Crippen LogP contribution in [0.2, 0.25) is 0 Å². The summed E-state index contributed by atoms with van der Waals surface area (Å²) >= 11 is 0. The quantitative estimate of drug-likeness (QED) is 0.519. The van der Waals surface area contributed by atoms with Crippen LogP contribution in [0, 0.1) is 5.92 Å². The molecule has 7 heteroatoms. The van der Waals surface area contributed by atoms with Crippen molar-refractivity contribution in [3.8, 4) is 0 Å². The van der Waals surface area contributed by atoms with Crippen molar-refractivity contribution in [2.75, 3.05) is 12.3 Å². The normalized spacial score (nSPS) is 12.8. The molecule has 1 amide bonds. The van der Waals surface area contributed by atoms with Gasteiger partial charge in [-0.1, -0.05) is 13.8 Å². The fourth-order valence-electron chi connectivity index (χ4n) is 1.04. The molecule has 1 unspecified atom stereocenters. The number of anilines is 1. The van der Waals surface area contributed by atoms with Gasteiger partial charge in [-0.3, -0.25) is 9.89 Å². The largest absolute Gasteiger partial charge is 0.394 e. The maximum absolute atomic E-state index is 11.5. The molecule has 0 bridgehead atoms. The Balaban J connectivity index is 2.62. The standard InChI is InChI=1S/C8H15N5O2/c1-4(2)5(3-14)10-7(15)6-11-8(9)13-12-6/h4-5,14H,3H2,1-2H3,(H,10,15)(H3,9,11,12,13). The number of nitrogens with one attached hydrogen (secondary N) is 2. The molecule has 1 atom stereocenters. The van der Waals surface area contributed by atoms with E-state index in [1.165, 1.54) is 0 Å².